The molecule has 0 aliphatic heterocycles. The molecule has 0 heterocycles. The molecule has 2 atom stereocenters. The molecule has 0 spiro atoms. The van der Waals surface area contributed by atoms with Gasteiger partial charge >= 0.3 is 0 Å². The Morgan fingerprint density at radius 2 is 1.94 bits per heavy atom. The van der Waals surface area contributed by atoms with Gasteiger partial charge in [0.1, 0.15) is 0 Å². The minimum Gasteiger partial charge on any atom is -0.377 e. The molecular weight excluding hydrogens is 210 g/mol. The molecule has 0 amide bonds. The Morgan fingerprint density at radius 3 is 2.47 bits per heavy atom. The van der Waals surface area contributed by atoms with Gasteiger partial charge in [0.05, 0.1) is 6.10 Å². The fraction of sp³-hybridized carbons (Fsp3) is 0.867. The molecule has 0 aromatic rings. The van der Waals surface area contributed by atoms with E-state index in [1.165, 1.54) is 37.7 Å². The fourth-order valence-corrected chi connectivity index (χ4v) is 2.86. The number of hydrogen-bond acceptors (Lipinski definition) is 2. The van der Waals surface area contributed by atoms with Gasteiger partial charge in [0.15, 0.2) is 0 Å². The minimum atomic E-state index is 0.130. The summed E-state index contributed by atoms with van der Waals surface area (Å²) in [6.07, 6.45) is 8.82. The first-order chi connectivity index (χ1) is 8.19. The first-order valence-corrected chi connectivity index (χ1v) is 7.22. The maximum atomic E-state index is 6.33. The van der Waals surface area contributed by atoms with Crippen LogP contribution in [0.25, 0.3) is 0 Å². The van der Waals surface area contributed by atoms with Crippen LogP contribution in [-0.4, -0.2) is 18.8 Å². The zero-order valence-electron chi connectivity index (χ0n) is 11.6. The Labute approximate surface area is 107 Å². The number of rotatable bonds is 7. The van der Waals surface area contributed by atoms with E-state index in [1.54, 1.807) is 0 Å². The normalized spacial score (nSPS) is 21.1. The molecule has 17 heavy (non-hydrogen) atoms. The highest BCUT2D eigenvalue weighted by molar-refractivity contribution is 4.99. The van der Waals surface area contributed by atoms with Crippen molar-refractivity contribution in [1.29, 1.82) is 0 Å². The molecule has 0 aromatic heterocycles. The van der Waals surface area contributed by atoms with Crippen molar-refractivity contribution in [3.63, 3.8) is 0 Å². The van der Waals surface area contributed by atoms with Crippen molar-refractivity contribution in [2.75, 3.05) is 6.61 Å². The quantitative estimate of drug-likeness (QED) is 0.688. The second-order valence-electron chi connectivity index (χ2n) is 5.29. The topological polar surface area (TPSA) is 35.2 Å². The molecule has 1 saturated carbocycles. The summed E-state index contributed by atoms with van der Waals surface area (Å²) in [7, 11) is 0. The third-order valence-corrected chi connectivity index (χ3v) is 3.92. The van der Waals surface area contributed by atoms with Crippen LogP contribution in [0.1, 0.15) is 58.8 Å². The van der Waals surface area contributed by atoms with Gasteiger partial charge in [-0.15, -0.1) is 0 Å². The molecule has 2 N–H and O–H groups in total. The molecule has 1 fully saturated rings. The average molecular weight is 239 g/mol. The van der Waals surface area contributed by atoms with Crippen molar-refractivity contribution < 1.29 is 4.74 Å². The van der Waals surface area contributed by atoms with Gasteiger partial charge in [-0.2, -0.15) is 0 Å². The summed E-state index contributed by atoms with van der Waals surface area (Å²) >= 11 is 0. The van der Waals surface area contributed by atoms with Crippen LogP contribution in [0, 0.1) is 5.92 Å². The Kier molecular flexibility index (Phi) is 6.83. The number of nitrogens with two attached hydrogens (primary N) is 1. The lowest BCUT2D eigenvalue weighted by Crippen LogP contribution is -2.43. The summed E-state index contributed by atoms with van der Waals surface area (Å²) in [6, 6.07) is 0.130. The molecule has 0 saturated heterocycles. The largest absolute Gasteiger partial charge is 0.377 e. The van der Waals surface area contributed by atoms with Gasteiger partial charge in [-0.1, -0.05) is 38.3 Å². The smallest absolute Gasteiger partial charge is 0.0756 e. The van der Waals surface area contributed by atoms with Crippen LogP contribution in [-0.2, 0) is 4.74 Å². The maximum absolute atomic E-state index is 6.33. The Hall–Kier alpha value is -0.340. The van der Waals surface area contributed by atoms with Gasteiger partial charge in [-0.05, 0) is 38.5 Å². The second-order valence-corrected chi connectivity index (χ2v) is 5.29. The zero-order valence-corrected chi connectivity index (χ0v) is 11.6. The monoisotopic (exact) mass is 239 g/mol. The predicted octanol–water partition coefficient (Wildman–Crippen LogP) is 3.66. The number of ether oxygens (including phenoxy) is 1. The van der Waals surface area contributed by atoms with E-state index in [0.717, 1.165) is 19.4 Å². The zero-order chi connectivity index (χ0) is 12.7. The first kappa shape index (κ1) is 14.7. The summed E-state index contributed by atoms with van der Waals surface area (Å²) in [5, 5.41) is 0. The van der Waals surface area contributed by atoms with E-state index in [4.69, 9.17) is 10.5 Å². The van der Waals surface area contributed by atoms with Crippen molar-refractivity contribution in [1.82, 2.24) is 0 Å². The average Bonchev–Trinajstić information content (AvgIpc) is 2.36. The Bertz CT molecular complexity index is 221. The van der Waals surface area contributed by atoms with E-state index in [-0.39, 0.29) is 12.1 Å². The summed E-state index contributed by atoms with van der Waals surface area (Å²) in [5.41, 5.74) is 7.57. The SMILES string of the molecule is C=C(CC)CC(N)C(OCC)C1CCCCC1. The van der Waals surface area contributed by atoms with Gasteiger partial charge in [-0.3, -0.25) is 0 Å². The van der Waals surface area contributed by atoms with Crippen LogP contribution in [0.2, 0.25) is 0 Å². The minimum absolute atomic E-state index is 0.130. The fourth-order valence-electron chi connectivity index (χ4n) is 2.86. The van der Waals surface area contributed by atoms with Gasteiger partial charge < -0.3 is 10.5 Å². The summed E-state index contributed by atoms with van der Waals surface area (Å²) in [4.78, 5) is 0. The molecule has 0 radical (unpaired) electrons. The molecule has 1 rings (SSSR count). The maximum Gasteiger partial charge on any atom is 0.0756 e. The van der Waals surface area contributed by atoms with Crippen molar-refractivity contribution in [2.45, 2.75) is 70.9 Å². The molecular formula is C15H29NO. The van der Waals surface area contributed by atoms with Gasteiger partial charge in [0.25, 0.3) is 0 Å². The van der Waals surface area contributed by atoms with Crippen LogP contribution in [0.4, 0.5) is 0 Å². The van der Waals surface area contributed by atoms with E-state index in [2.05, 4.69) is 20.4 Å². The third kappa shape index (κ3) is 4.81. The second kappa shape index (κ2) is 7.88. The molecule has 2 unspecified atom stereocenters. The molecule has 0 bridgehead atoms. The van der Waals surface area contributed by atoms with E-state index in [9.17, 15) is 0 Å². The highest BCUT2D eigenvalue weighted by Gasteiger charge is 2.29. The molecule has 1 aliphatic carbocycles. The van der Waals surface area contributed by atoms with Crippen molar-refractivity contribution >= 4 is 0 Å². The molecule has 100 valence electrons. The summed E-state index contributed by atoms with van der Waals surface area (Å²) in [6.45, 7) is 9.05. The molecule has 2 heteroatoms. The van der Waals surface area contributed by atoms with Crippen molar-refractivity contribution in [2.24, 2.45) is 11.7 Å². The lowest BCUT2D eigenvalue weighted by Gasteiger charge is -2.34. The predicted molar refractivity (Wildman–Crippen MR) is 74.0 cm³/mol. The first-order valence-electron chi connectivity index (χ1n) is 7.22. The van der Waals surface area contributed by atoms with Crippen LogP contribution < -0.4 is 5.73 Å². The van der Waals surface area contributed by atoms with Crippen LogP contribution in [0.15, 0.2) is 12.2 Å². The summed E-state index contributed by atoms with van der Waals surface area (Å²) < 4.78 is 5.92. The lowest BCUT2D eigenvalue weighted by atomic mass is 9.81. The highest BCUT2D eigenvalue weighted by atomic mass is 16.5. The number of hydrogen-bond donors (Lipinski definition) is 1. The standard InChI is InChI=1S/C15H29NO/c1-4-12(3)11-14(16)15(17-5-2)13-9-7-6-8-10-13/h13-15H,3-11,16H2,1-2H3. The van der Waals surface area contributed by atoms with E-state index in [1.807, 2.05) is 0 Å². The molecule has 1 aliphatic rings. The van der Waals surface area contributed by atoms with Crippen molar-refractivity contribution in [3.05, 3.63) is 12.2 Å². The van der Waals surface area contributed by atoms with E-state index < -0.39 is 0 Å². The third-order valence-electron chi connectivity index (χ3n) is 3.92. The highest BCUT2D eigenvalue weighted by Crippen LogP contribution is 2.30. The van der Waals surface area contributed by atoms with Crippen molar-refractivity contribution in [3.8, 4) is 0 Å². The molecule has 0 aromatic carbocycles. The van der Waals surface area contributed by atoms with Gasteiger partial charge in [0, 0.05) is 12.6 Å². The van der Waals surface area contributed by atoms with Crippen LogP contribution in [0.3, 0.4) is 0 Å². The Morgan fingerprint density at radius 1 is 1.29 bits per heavy atom. The van der Waals surface area contributed by atoms with Crippen LogP contribution in [0.5, 0.6) is 0 Å². The summed E-state index contributed by atoms with van der Waals surface area (Å²) in [5.74, 6) is 0.670. The van der Waals surface area contributed by atoms with Gasteiger partial charge in [0.2, 0.25) is 0 Å². The molecule has 2 nitrogen and oxygen atoms in total. The van der Waals surface area contributed by atoms with E-state index >= 15 is 0 Å². The van der Waals surface area contributed by atoms with Gasteiger partial charge in [-0.25, -0.2) is 0 Å². The Balaban J connectivity index is 2.53. The van der Waals surface area contributed by atoms with Crippen LogP contribution >= 0.6 is 0 Å². The van der Waals surface area contributed by atoms with E-state index in [0.29, 0.717) is 5.92 Å². The lowest BCUT2D eigenvalue weighted by molar-refractivity contribution is -0.00919.